The van der Waals surface area contributed by atoms with Gasteiger partial charge in [0.1, 0.15) is 0 Å². The number of sulfone groups is 1. The number of hydrogen-bond donors (Lipinski definition) is 1. The number of nitrogens with one attached hydrogen (secondary N) is 1. The number of hydrogen-bond acceptors (Lipinski definition) is 4. The number of carbonyl (C=O) groups is 1. The highest BCUT2D eigenvalue weighted by Gasteiger charge is 2.42. The van der Waals surface area contributed by atoms with Crippen LogP contribution in [0.1, 0.15) is 23.2 Å². The van der Waals surface area contributed by atoms with Gasteiger partial charge in [0.05, 0.1) is 23.1 Å². The molecule has 0 saturated carbocycles. The molecule has 0 radical (unpaired) electrons. The maximum absolute atomic E-state index is 12.5. The molecule has 0 spiro atoms. The Morgan fingerprint density at radius 3 is 2.55 bits per heavy atom. The maximum atomic E-state index is 12.5. The summed E-state index contributed by atoms with van der Waals surface area (Å²) < 4.78 is 24.9. The summed E-state index contributed by atoms with van der Waals surface area (Å²) in [6.07, 6.45) is 2.21. The molecule has 2 heterocycles. The van der Waals surface area contributed by atoms with Gasteiger partial charge in [-0.05, 0) is 60.7 Å². The van der Waals surface area contributed by atoms with Crippen LogP contribution in [0.15, 0.2) is 24.3 Å². The van der Waals surface area contributed by atoms with Crippen molar-refractivity contribution < 1.29 is 13.2 Å². The second-order valence-corrected chi connectivity index (χ2v) is 9.26. The summed E-state index contributed by atoms with van der Waals surface area (Å²) in [5.74, 6) is 0.0176. The third-order valence-electron chi connectivity index (χ3n) is 4.37. The van der Waals surface area contributed by atoms with Crippen LogP contribution in [0.5, 0.6) is 0 Å². The van der Waals surface area contributed by atoms with Crippen LogP contribution in [-0.2, 0) is 9.84 Å². The van der Waals surface area contributed by atoms with Crippen molar-refractivity contribution in [2.75, 3.05) is 24.6 Å². The fourth-order valence-corrected chi connectivity index (χ4v) is 5.88. The van der Waals surface area contributed by atoms with E-state index in [0.717, 1.165) is 29.5 Å². The van der Waals surface area contributed by atoms with Crippen molar-refractivity contribution in [1.29, 1.82) is 0 Å². The lowest BCUT2D eigenvalue weighted by Crippen LogP contribution is -2.50. The highest BCUT2D eigenvalue weighted by molar-refractivity contribution is 14.1. The predicted octanol–water partition coefficient (Wildman–Crippen LogP) is 1.28. The van der Waals surface area contributed by atoms with Crippen LogP contribution < -0.4 is 5.32 Å². The summed E-state index contributed by atoms with van der Waals surface area (Å²) in [4.78, 5) is 14.7. The highest BCUT2D eigenvalue weighted by atomic mass is 127. The number of halogens is 1. The molecule has 1 N–H and O–H groups in total. The van der Waals surface area contributed by atoms with E-state index in [9.17, 15) is 13.2 Å². The van der Waals surface area contributed by atoms with E-state index in [0.29, 0.717) is 5.56 Å². The summed E-state index contributed by atoms with van der Waals surface area (Å²) >= 11 is 2.12. The van der Waals surface area contributed by atoms with E-state index in [2.05, 4.69) is 32.8 Å². The predicted molar refractivity (Wildman–Crippen MR) is 93.7 cm³/mol. The first-order chi connectivity index (χ1) is 10.5. The van der Waals surface area contributed by atoms with E-state index in [1.165, 1.54) is 0 Å². The zero-order valence-corrected chi connectivity index (χ0v) is 15.1. The SMILES string of the molecule is O=C(NC1CS(=O)(=O)CC1N1CCCC1)c1ccccc1I. The summed E-state index contributed by atoms with van der Waals surface area (Å²) in [6.45, 7) is 1.85. The van der Waals surface area contributed by atoms with Crippen molar-refractivity contribution in [2.45, 2.75) is 24.9 Å². The minimum Gasteiger partial charge on any atom is -0.347 e. The van der Waals surface area contributed by atoms with Crippen molar-refractivity contribution in [3.63, 3.8) is 0 Å². The Morgan fingerprint density at radius 2 is 1.86 bits per heavy atom. The normalized spacial score (nSPS) is 27.9. The van der Waals surface area contributed by atoms with Gasteiger partial charge < -0.3 is 5.32 Å². The average molecular weight is 434 g/mol. The Balaban J connectivity index is 1.77. The fraction of sp³-hybridized carbons (Fsp3) is 0.533. The molecule has 2 fully saturated rings. The monoisotopic (exact) mass is 434 g/mol. The zero-order valence-electron chi connectivity index (χ0n) is 12.2. The van der Waals surface area contributed by atoms with E-state index in [4.69, 9.17) is 0 Å². The molecular weight excluding hydrogens is 415 g/mol. The molecule has 2 atom stereocenters. The van der Waals surface area contributed by atoms with Gasteiger partial charge in [-0.15, -0.1) is 0 Å². The largest absolute Gasteiger partial charge is 0.347 e. The minimum absolute atomic E-state index is 0.0450. The van der Waals surface area contributed by atoms with E-state index in [1.54, 1.807) is 6.07 Å². The van der Waals surface area contributed by atoms with Crippen LogP contribution in [0.3, 0.4) is 0 Å². The van der Waals surface area contributed by atoms with Crippen molar-refractivity contribution in [3.8, 4) is 0 Å². The van der Waals surface area contributed by atoms with Gasteiger partial charge in [0.2, 0.25) is 0 Å². The van der Waals surface area contributed by atoms with Crippen molar-refractivity contribution >= 4 is 38.3 Å². The number of amides is 1. The lowest BCUT2D eigenvalue weighted by atomic mass is 10.1. The van der Waals surface area contributed by atoms with Crippen molar-refractivity contribution in [3.05, 3.63) is 33.4 Å². The standard InChI is InChI=1S/C15H19IN2O3S/c16-12-6-2-1-5-11(12)15(19)17-13-9-22(20,21)10-14(13)18-7-3-4-8-18/h1-2,5-6,13-14H,3-4,7-10H2,(H,17,19). The van der Waals surface area contributed by atoms with Crippen LogP contribution in [0.25, 0.3) is 0 Å². The van der Waals surface area contributed by atoms with E-state index < -0.39 is 9.84 Å². The van der Waals surface area contributed by atoms with Crippen LogP contribution in [0.2, 0.25) is 0 Å². The van der Waals surface area contributed by atoms with Crippen LogP contribution in [0, 0.1) is 3.57 Å². The molecule has 2 unspecified atom stereocenters. The highest BCUT2D eigenvalue weighted by Crippen LogP contribution is 2.23. The van der Waals surface area contributed by atoms with Crippen molar-refractivity contribution in [2.24, 2.45) is 0 Å². The quantitative estimate of drug-likeness (QED) is 0.729. The third kappa shape index (κ3) is 3.46. The Labute approximate surface area is 144 Å². The molecule has 7 heteroatoms. The number of nitrogens with zero attached hydrogens (tertiary/aromatic N) is 1. The molecule has 2 aliphatic heterocycles. The number of likely N-dealkylation sites (tertiary alicyclic amines) is 1. The van der Waals surface area contributed by atoms with Gasteiger partial charge in [-0.1, -0.05) is 12.1 Å². The number of carbonyl (C=O) groups excluding carboxylic acids is 1. The smallest absolute Gasteiger partial charge is 0.252 e. The van der Waals surface area contributed by atoms with E-state index >= 15 is 0 Å². The molecule has 2 aliphatic rings. The summed E-state index contributed by atoms with van der Waals surface area (Å²) in [5, 5.41) is 2.95. The molecule has 22 heavy (non-hydrogen) atoms. The zero-order chi connectivity index (χ0) is 15.7. The lowest BCUT2D eigenvalue weighted by molar-refractivity contribution is 0.0918. The summed E-state index contributed by atoms with van der Waals surface area (Å²) in [5.41, 5.74) is 0.604. The molecule has 1 aromatic rings. The Hall–Kier alpha value is -0.670. The first-order valence-electron chi connectivity index (χ1n) is 7.46. The third-order valence-corrected chi connectivity index (χ3v) is 7.02. The van der Waals surface area contributed by atoms with Crippen molar-refractivity contribution in [1.82, 2.24) is 10.2 Å². The Bertz CT molecular complexity index is 671. The molecule has 1 aromatic carbocycles. The Morgan fingerprint density at radius 1 is 1.18 bits per heavy atom. The molecule has 3 rings (SSSR count). The molecule has 0 aliphatic carbocycles. The first kappa shape index (κ1) is 16.2. The summed E-state index contributed by atoms with van der Waals surface area (Å²) in [6, 6.07) is 6.94. The molecule has 0 aromatic heterocycles. The van der Waals surface area contributed by atoms with Crippen LogP contribution >= 0.6 is 22.6 Å². The molecule has 0 bridgehead atoms. The number of benzene rings is 1. The van der Waals surface area contributed by atoms with Gasteiger partial charge in [-0.25, -0.2) is 8.42 Å². The maximum Gasteiger partial charge on any atom is 0.252 e. The van der Waals surface area contributed by atoms with Crippen LogP contribution in [-0.4, -0.2) is 55.9 Å². The lowest BCUT2D eigenvalue weighted by Gasteiger charge is -2.28. The average Bonchev–Trinajstić information content (AvgIpc) is 3.06. The molecule has 1 amide bonds. The van der Waals surface area contributed by atoms with Gasteiger partial charge in [-0.3, -0.25) is 9.69 Å². The summed E-state index contributed by atoms with van der Waals surface area (Å²) in [7, 11) is -3.08. The molecule has 5 nitrogen and oxygen atoms in total. The molecule has 120 valence electrons. The van der Waals surface area contributed by atoms with Crippen LogP contribution in [0.4, 0.5) is 0 Å². The van der Waals surface area contributed by atoms with Gasteiger partial charge in [0.15, 0.2) is 9.84 Å². The second-order valence-electron chi connectivity index (χ2n) is 5.95. The first-order valence-corrected chi connectivity index (χ1v) is 10.4. The van der Waals surface area contributed by atoms with Gasteiger partial charge >= 0.3 is 0 Å². The van der Waals surface area contributed by atoms with E-state index in [1.807, 2.05) is 18.2 Å². The second kappa shape index (κ2) is 6.45. The van der Waals surface area contributed by atoms with Gasteiger partial charge in [0.25, 0.3) is 5.91 Å². The van der Waals surface area contributed by atoms with E-state index in [-0.39, 0.29) is 29.5 Å². The van der Waals surface area contributed by atoms with Gasteiger partial charge in [0, 0.05) is 9.61 Å². The minimum atomic E-state index is -3.08. The van der Waals surface area contributed by atoms with Gasteiger partial charge in [-0.2, -0.15) is 0 Å². The fourth-order valence-electron chi connectivity index (χ4n) is 3.29. The Kier molecular flexibility index (Phi) is 4.75. The molecular formula is C15H19IN2O3S. The topological polar surface area (TPSA) is 66.5 Å². The number of rotatable bonds is 3. The molecule has 2 saturated heterocycles.